The summed E-state index contributed by atoms with van der Waals surface area (Å²) in [5.74, 6) is 0.658. The summed E-state index contributed by atoms with van der Waals surface area (Å²) in [6.45, 7) is 5.60. The molecule has 184 valence electrons. The van der Waals surface area contributed by atoms with Crippen molar-refractivity contribution in [2.45, 2.75) is 45.4 Å². The number of carbonyl (C=O) groups is 2. The fourth-order valence-corrected chi connectivity index (χ4v) is 4.60. The molecule has 2 amide bonds. The minimum atomic E-state index is -0.148. The number of para-hydroxylation sites is 1. The van der Waals surface area contributed by atoms with E-state index in [1.165, 1.54) is 0 Å². The summed E-state index contributed by atoms with van der Waals surface area (Å²) in [4.78, 5) is 30.2. The lowest BCUT2D eigenvalue weighted by Gasteiger charge is -2.39. The standard InChI is InChI=1S/C28H34N4O3/c1-21(2)32-25(14-16-29-32)28(34)31-17-15-26(35-24-12-8-5-9-13-24)23(20-31)18-27(33)30(3)19-22-10-6-4-7-11-22/h4-14,16,21,23,26H,15,17-20H2,1-3H3/t23-,26-/m0/s1. The first-order valence-corrected chi connectivity index (χ1v) is 12.2. The number of amides is 2. The van der Waals surface area contributed by atoms with Crippen molar-refractivity contribution >= 4 is 11.8 Å². The van der Waals surface area contributed by atoms with Gasteiger partial charge in [0, 0.05) is 57.7 Å². The average Bonchev–Trinajstić information content (AvgIpc) is 3.36. The second kappa shape index (κ2) is 11.2. The smallest absolute Gasteiger partial charge is 0.272 e. The van der Waals surface area contributed by atoms with Gasteiger partial charge in [-0.25, -0.2) is 0 Å². The van der Waals surface area contributed by atoms with Gasteiger partial charge in [-0.05, 0) is 37.6 Å². The Morgan fingerprint density at radius 2 is 1.74 bits per heavy atom. The van der Waals surface area contributed by atoms with Crippen LogP contribution in [0, 0.1) is 5.92 Å². The van der Waals surface area contributed by atoms with E-state index in [0.29, 0.717) is 38.2 Å². The summed E-state index contributed by atoms with van der Waals surface area (Å²) in [7, 11) is 1.83. The lowest BCUT2D eigenvalue weighted by Crippen LogP contribution is -2.49. The largest absolute Gasteiger partial charge is 0.490 e. The SMILES string of the molecule is CC(C)n1nccc1C(=O)N1CC[C@H](Oc2ccccc2)[C@@H](CC(=O)N(C)Cc2ccccc2)C1. The normalized spacial score (nSPS) is 17.9. The third-order valence-electron chi connectivity index (χ3n) is 6.49. The van der Waals surface area contributed by atoms with Gasteiger partial charge in [-0.3, -0.25) is 14.3 Å². The van der Waals surface area contributed by atoms with E-state index in [1.54, 1.807) is 21.8 Å². The van der Waals surface area contributed by atoms with Crippen LogP contribution in [0.5, 0.6) is 5.75 Å². The maximum Gasteiger partial charge on any atom is 0.272 e. The number of benzene rings is 2. The van der Waals surface area contributed by atoms with Crippen LogP contribution in [0.2, 0.25) is 0 Å². The van der Waals surface area contributed by atoms with E-state index in [0.717, 1.165) is 11.3 Å². The van der Waals surface area contributed by atoms with Gasteiger partial charge in [-0.2, -0.15) is 5.10 Å². The maximum absolute atomic E-state index is 13.4. The second-order valence-corrected chi connectivity index (χ2v) is 9.46. The molecular weight excluding hydrogens is 440 g/mol. The summed E-state index contributed by atoms with van der Waals surface area (Å²) in [6.07, 6.45) is 2.49. The van der Waals surface area contributed by atoms with Crippen molar-refractivity contribution in [1.82, 2.24) is 19.6 Å². The first kappa shape index (κ1) is 24.5. The predicted octanol–water partition coefficient (Wildman–Crippen LogP) is 4.42. The quantitative estimate of drug-likeness (QED) is 0.485. The van der Waals surface area contributed by atoms with Crippen molar-refractivity contribution in [2.75, 3.05) is 20.1 Å². The molecule has 2 atom stereocenters. The Labute approximate surface area is 207 Å². The van der Waals surface area contributed by atoms with Crippen molar-refractivity contribution < 1.29 is 14.3 Å². The van der Waals surface area contributed by atoms with Gasteiger partial charge in [-0.1, -0.05) is 48.5 Å². The number of carbonyl (C=O) groups excluding carboxylic acids is 2. The fraction of sp³-hybridized carbons (Fsp3) is 0.393. The topological polar surface area (TPSA) is 67.7 Å². The minimum Gasteiger partial charge on any atom is -0.490 e. The molecule has 0 saturated carbocycles. The van der Waals surface area contributed by atoms with Crippen LogP contribution in [0.3, 0.4) is 0 Å². The van der Waals surface area contributed by atoms with E-state index < -0.39 is 0 Å². The zero-order chi connectivity index (χ0) is 24.8. The summed E-state index contributed by atoms with van der Waals surface area (Å²) in [5.41, 5.74) is 1.66. The van der Waals surface area contributed by atoms with E-state index in [9.17, 15) is 9.59 Å². The molecule has 7 nitrogen and oxygen atoms in total. The van der Waals surface area contributed by atoms with E-state index in [4.69, 9.17) is 4.74 Å². The van der Waals surface area contributed by atoms with Crippen molar-refractivity contribution in [3.8, 4) is 5.75 Å². The summed E-state index contributed by atoms with van der Waals surface area (Å²) < 4.78 is 8.07. The number of aromatic nitrogens is 2. The second-order valence-electron chi connectivity index (χ2n) is 9.46. The molecule has 1 saturated heterocycles. The predicted molar refractivity (Wildman–Crippen MR) is 135 cm³/mol. The van der Waals surface area contributed by atoms with Gasteiger partial charge in [0.2, 0.25) is 5.91 Å². The van der Waals surface area contributed by atoms with Crippen molar-refractivity contribution in [3.63, 3.8) is 0 Å². The molecule has 1 fully saturated rings. The van der Waals surface area contributed by atoms with E-state index in [2.05, 4.69) is 5.10 Å². The Morgan fingerprint density at radius 1 is 1.06 bits per heavy atom. The molecule has 4 rings (SSSR count). The Balaban J connectivity index is 1.49. The van der Waals surface area contributed by atoms with Gasteiger partial charge in [-0.15, -0.1) is 0 Å². The van der Waals surface area contributed by atoms with Crippen LogP contribution in [0.25, 0.3) is 0 Å². The van der Waals surface area contributed by atoms with Crippen LogP contribution in [-0.4, -0.2) is 57.6 Å². The number of piperidine rings is 1. The molecule has 0 spiro atoms. The van der Waals surface area contributed by atoms with E-state index in [-0.39, 0.29) is 29.9 Å². The molecule has 0 unspecified atom stereocenters. The van der Waals surface area contributed by atoms with Gasteiger partial charge < -0.3 is 14.5 Å². The highest BCUT2D eigenvalue weighted by molar-refractivity contribution is 5.92. The number of rotatable bonds is 8. The number of hydrogen-bond acceptors (Lipinski definition) is 4. The molecule has 1 aromatic heterocycles. The summed E-state index contributed by atoms with van der Waals surface area (Å²) >= 11 is 0. The van der Waals surface area contributed by atoms with Gasteiger partial charge in [0.15, 0.2) is 0 Å². The Bertz CT molecular complexity index is 1110. The molecule has 1 aliphatic rings. The lowest BCUT2D eigenvalue weighted by atomic mass is 9.90. The molecule has 2 heterocycles. The highest BCUT2D eigenvalue weighted by Gasteiger charge is 2.36. The zero-order valence-corrected chi connectivity index (χ0v) is 20.7. The van der Waals surface area contributed by atoms with E-state index >= 15 is 0 Å². The van der Waals surface area contributed by atoms with Gasteiger partial charge in [0.1, 0.15) is 17.5 Å². The Hall–Kier alpha value is -3.61. The Kier molecular flexibility index (Phi) is 7.85. The van der Waals surface area contributed by atoms with Crippen molar-refractivity contribution in [2.24, 2.45) is 5.92 Å². The molecule has 0 radical (unpaired) electrons. The molecular formula is C28H34N4O3. The highest BCUT2D eigenvalue weighted by Crippen LogP contribution is 2.27. The number of hydrogen-bond donors (Lipinski definition) is 0. The number of nitrogens with zero attached hydrogens (tertiary/aromatic N) is 4. The molecule has 0 bridgehead atoms. The van der Waals surface area contributed by atoms with Gasteiger partial charge >= 0.3 is 0 Å². The molecule has 35 heavy (non-hydrogen) atoms. The molecule has 0 aliphatic carbocycles. The van der Waals surface area contributed by atoms with Crippen LogP contribution in [-0.2, 0) is 11.3 Å². The Morgan fingerprint density at radius 3 is 2.43 bits per heavy atom. The van der Waals surface area contributed by atoms with Crippen LogP contribution >= 0.6 is 0 Å². The van der Waals surface area contributed by atoms with E-state index in [1.807, 2.05) is 86.5 Å². The number of ether oxygens (including phenoxy) is 1. The molecule has 3 aromatic rings. The molecule has 0 N–H and O–H groups in total. The third-order valence-corrected chi connectivity index (χ3v) is 6.49. The minimum absolute atomic E-state index is 0.0436. The monoisotopic (exact) mass is 474 g/mol. The van der Waals surface area contributed by atoms with Crippen LogP contribution in [0.15, 0.2) is 72.9 Å². The third kappa shape index (κ3) is 6.10. The van der Waals surface area contributed by atoms with Crippen LogP contribution < -0.4 is 4.74 Å². The van der Waals surface area contributed by atoms with Crippen molar-refractivity contribution in [1.29, 1.82) is 0 Å². The van der Waals surface area contributed by atoms with Crippen molar-refractivity contribution in [3.05, 3.63) is 84.2 Å². The lowest BCUT2D eigenvalue weighted by molar-refractivity contribution is -0.133. The highest BCUT2D eigenvalue weighted by atomic mass is 16.5. The van der Waals surface area contributed by atoms with Crippen LogP contribution in [0.4, 0.5) is 0 Å². The molecule has 7 heteroatoms. The molecule has 2 aromatic carbocycles. The first-order valence-electron chi connectivity index (χ1n) is 12.2. The maximum atomic E-state index is 13.4. The zero-order valence-electron chi connectivity index (χ0n) is 20.7. The number of likely N-dealkylation sites (tertiary alicyclic amines) is 1. The van der Waals surface area contributed by atoms with Gasteiger partial charge in [0.25, 0.3) is 5.91 Å². The van der Waals surface area contributed by atoms with Crippen LogP contribution in [0.1, 0.15) is 48.8 Å². The fourth-order valence-electron chi connectivity index (χ4n) is 4.60. The summed E-state index contributed by atoms with van der Waals surface area (Å²) in [6, 6.07) is 21.5. The molecule has 1 aliphatic heterocycles. The summed E-state index contributed by atoms with van der Waals surface area (Å²) in [5, 5.41) is 4.32. The average molecular weight is 475 g/mol. The van der Waals surface area contributed by atoms with Gasteiger partial charge in [0.05, 0.1) is 0 Å². The first-order chi connectivity index (χ1) is 16.9.